The number of nitrogens with zero attached hydrogens (tertiary/aromatic N) is 3. The molecule has 1 heterocycles. The SMILES string of the molecule is CC.COc1ccc(CC(=O)Nc2ccc(C(=O)N(CC(=O)O)Cc3ccc(-c4noc(-c5ccc(-c6ccc(C)cc6)cc5)n4)cc3)cc2)c(C(F)(F)F)c1. The monoisotopic (exact) mass is 764 g/mol. The zero-order valence-corrected chi connectivity index (χ0v) is 31.1. The molecule has 56 heavy (non-hydrogen) atoms. The largest absolute Gasteiger partial charge is 0.497 e. The Morgan fingerprint density at radius 2 is 1.39 bits per heavy atom. The Balaban J connectivity index is 0.00000295. The third-order valence-electron chi connectivity index (χ3n) is 8.53. The number of nitrogens with one attached hydrogen (secondary N) is 1. The van der Waals surface area contributed by atoms with Gasteiger partial charge < -0.3 is 24.6 Å². The standard InChI is InChI=1S/C41H33F3N4O6.C2H6/c1-25-3-7-27(8-4-25)28-11-13-30(14-12-28)39-46-38(47-54-39)29-9-5-26(6-10-29)23-48(24-37(50)51)40(52)31-15-18-33(19-16-31)45-36(49)21-32-17-20-34(53-2)22-35(32)41(42,43)44;1-2/h3-20,22H,21,23-24H2,1-2H3,(H,45,49)(H,50,51);1-2H3. The van der Waals surface area contributed by atoms with Crippen LogP contribution in [0.1, 0.15) is 46.5 Å². The molecule has 2 amide bonds. The van der Waals surface area contributed by atoms with E-state index in [1.807, 2.05) is 45.0 Å². The van der Waals surface area contributed by atoms with Crippen LogP contribution >= 0.6 is 0 Å². The number of aromatic nitrogens is 2. The maximum atomic E-state index is 13.6. The molecule has 2 N–H and O–H groups in total. The van der Waals surface area contributed by atoms with E-state index < -0.39 is 42.5 Å². The minimum Gasteiger partial charge on any atom is -0.497 e. The summed E-state index contributed by atoms with van der Waals surface area (Å²) >= 11 is 0. The van der Waals surface area contributed by atoms with Crippen molar-refractivity contribution in [2.75, 3.05) is 19.0 Å². The van der Waals surface area contributed by atoms with Crippen molar-refractivity contribution in [3.8, 4) is 39.7 Å². The van der Waals surface area contributed by atoms with E-state index in [1.165, 1.54) is 49.1 Å². The van der Waals surface area contributed by atoms with Crippen molar-refractivity contribution in [1.29, 1.82) is 0 Å². The van der Waals surface area contributed by atoms with Gasteiger partial charge in [0.25, 0.3) is 11.8 Å². The summed E-state index contributed by atoms with van der Waals surface area (Å²) in [6, 6.07) is 32.0. The summed E-state index contributed by atoms with van der Waals surface area (Å²) in [5.41, 5.74) is 4.56. The third kappa shape index (κ3) is 10.3. The molecule has 6 rings (SSSR count). The van der Waals surface area contributed by atoms with Crippen LogP contribution in [0.2, 0.25) is 0 Å². The number of carbonyl (C=O) groups excluding carboxylic acids is 2. The second-order valence-electron chi connectivity index (χ2n) is 12.4. The predicted molar refractivity (Wildman–Crippen MR) is 206 cm³/mol. The zero-order chi connectivity index (χ0) is 40.4. The summed E-state index contributed by atoms with van der Waals surface area (Å²) in [6.45, 7) is 5.42. The second kappa shape index (κ2) is 18.0. The Hall–Kier alpha value is -6.76. The molecular weight excluding hydrogens is 725 g/mol. The number of aryl methyl sites for hydroxylation is 1. The molecule has 0 aliphatic carbocycles. The molecule has 0 aliphatic rings. The molecule has 0 atom stereocenters. The van der Waals surface area contributed by atoms with Crippen LogP contribution in [-0.4, -0.2) is 51.6 Å². The van der Waals surface area contributed by atoms with Crippen molar-refractivity contribution in [3.05, 3.63) is 143 Å². The van der Waals surface area contributed by atoms with E-state index >= 15 is 0 Å². The number of hydrogen-bond donors (Lipinski definition) is 2. The van der Waals surface area contributed by atoms with Crippen molar-refractivity contribution in [2.45, 2.75) is 39.9 Å². The quantitative estimate of drug-likeness (QED) is 0.126. The molecule has 13 heteroatoms. The molecule has 0 saturated carbocycles. The van der Waals surface area contributed by atoms with Crippen LogP contribution in [-0.2, 0) is 28.7 Å². The van der Waals surface area contributed by atoms with Gasteiger partial charge in [0.15, 0.2) is 0 Å². The number of benzene rings is 5. The van der Waals surface area contributed by atoms with Crippen molar-refractivity contribution in [3.63, 3.8) is 0 Å². The highest BCUT2D eigenvalue weighted by molar-refractivity contribution is 5.97. The number of ether oxygens (including phenoxy) is 1. The number of rotatable bonds is 12. The fourth-order valence-corrected chi connectivity index (χ4v) is 5.71. The Kier molecular flexibility index (Phi) is 13.0. The highest BCUT2D eigenvalue weighted by atomic mass is 19.4. The van der Waals surface area contributed by atoms with Crippen LogP contribution in [0.4, 0.5) is 18.9 Å². The topological polar surface area (TPSA) is 135 Å². The van der Waals surface area contributed by atoms with E-state index in [4.69, 9.17) is 9.26 Å². The van der Waals surface area contributed by atoms with E-state index in [1.54, 1.807) is 24.3 Å². The van der Waals surface area contributed by atoms with Crippen LogP contribution in [0.5, 0.6) is 5.75 Å². The summed E-state index contributed by atoms with van der Waals surface area (Å²) in [5, 5.41) is 16.2. The van der Waals surface area contributed by atoms with Gasteiger partial charge in [-0.2, -0.15) is 18.2 Å². The molecule has 0 bridgehead atoms. The van der Waals surface area contributed by atoms with Crippen molar-refractivity contribution < 1.29 is 41.9 Å². The third-order valence-corrected chi connectivity index (χ3v) is 8.53. The minimum atomic E-state index is -4.69. The van der Waals surface area contributed by atoms with Gasteiger partial charge in [0.1, 0.15) is 12.3 Å². The van der Waals surface area contributed by atoms with Gasteiger partial charge >= 0.3 is 12.1 Å². The first-order chi connectivity index (χ1) is 26.9. The lowest BCUT2D eigenvalue weighted by Crippen LogP contribution is -2.35. The molecule has 0 unspecified atom stereocenters. The maximum Gasteiger partial charge on any atom is 0.416 e. The second-order valence-corrected chi connectivity index (χ2v) is 12.4. The first kappa shape index (κ1) is 40.4. The van der Waals surface area contributed by atoms with E-state index in [9.17, 15) is 32.7 Å². The summed E-state index contributed by atoms with van der Waals surface area (Å²) < 4.78 is 51.1. The van der Waals surface area contributed by atoms with E-state index in [2.05, 4.69) is 39.7 Å². The minimum absolute atomic E-state index is 0.00968. The number of aliphatic carboxylic acids is 1. The van der Waals surface area contributed by atoms with Crippen LogP contribution in [0.15, 0.2) is 120 Å². The zero-order valence-electron chi connectivity index (χ0n) is 31.1. The van der Waals surface area contributed by atoms with Crippen LogP contribution < -0.4 is 10.1 Å². The molecule has 0 spiro atoms. The number of carboxylic acids is 1. The first-order valence-electron chi connectivity index (χ1n) is 17.6. The number of carboxylic acid groups (broad SMARTS) is 1. The molecule has 0 fully saturated rings. The van der Waals surface area contributed by atoms with Crippen molar-refractivity contribution >= 4 is 23.5 Å². The fourth-order valence-electron chi connectivity index (χ4n) is 5.71. The molecule has 5 aromatic carbocycles. The average Bonchev–Trinajstić information content (AvgIpc) is 3.69. The summed E-state index contributed by atoms with van der Waals surface area (Å²) in [4.78, 5) is 43.4. The smallest absolute Gasteiger partial charge is 0.416 e. The summed E-state index contributed by atoms with van der Waals surface area (Å²) in [5.74, 6) is -1.79. The maximum absolute atomic E-state index is 13.6. The molecule has 0 radical (unpaired) electrons. The van der Waals surface area contributed by atoms with Crippen molar-refractivity contribution in [1.82, 2.24) is 15.0 Å². The normalized spacial score (nSPS) is 10.9. The van der Waals surface area contributed by atoms with Gasteiger partial charge in [-0.1, -0.05) is 91.3 Å². The Labute approximate surface area is 321 Å². The summed E-state index contributed by atoms with van der Waals surface area (Å²) in [7, 11) is 1.25. The first-order valence-corrected chi connectivity index (χ1v) is 17.6. The number of anilines is 1. The number of hydrogen-bond acceptors (Lipinski definition) is 7. The van der Waals surface area contributed by atoms with Gasteiger partial charge in [0.05, 0.1) is 19.1 Å². The van der Waals surface area contributed by atoms with Crippen molar-refractivity contribution in [2.24, 2.45) is 0 Å². The van der Waals surface area contributed by atoms with Crippen LogP contribution in [0.3, 0.4) is 0 Å². The van der Waals surface area contributed by atoms with Gasteiger partial charge in [-0.15, -0.1) is 0 Å². The van der Waals surface area contributed by atoms with Gasteiger partial charge in [-0.05, 0) is 77.7 Å². The Morgan fingerprint density at radius 1 is 0.804 bits per heavy atom. The average molecular weight is 765 g/mol. The summed E-state index contributed by atoms with van der Waals surface area (Å²) in [6.07, 6.45) is -5.24. The molecule has 288 valence electrons. The van der Waals surface area contributed by atoms with Gasteiger partial charge in [-0.3, -0.25) is 14.4 Å². The molecule has 10 nitrogen and oxygen atoms in total. The van der Waals surface area contributed by atoms with Crippen LogP contribution in [0.25, 0.3) is 34.0 Å². The lowest BCUT2D eigenvalue weighted by molar-refractivity contribution is -0.139. The van der Waals surface area contributed by atoms with E-state index in [0.29, 0.717) is 22.8 Å². The molecule has 1 aromatic heterocycles. The predicted octanol–water partition coefficient (Wildman–Crippen LogP) is 9.34. The molecule has 0 aliphatic heterocycles. The number of amides is 2. The van der Waals surface area contributed by atoms with Gasteiger partial charge in [0, 0.05) is 28.9 Å². The fraction of sp³-hybridized carbons (Fsp3) is 0.186. The van der Waals surface area contributed by atoms with E-state index in [0.717, 1.165) is 27.7 Å². The van der Waals surface area contributed by atoms with Gasteiger partial charge in [-0.25, -0.2) is 0 Å². The lowest BCUT2D eigenvalue weighted by Gasteiger charge is -2.21. The Bertz CT molecular complexity index is 2270. The van der Waals surface area contributed by atoms with Gasteiger partial charge in [0.2, 0.25) is 11.7 Å². The highest BCUT2D eigenvalue weighted by Gasteiger charge is 2.34. The Morgan fingerprint density at radius 3 is 1.98 bits per heavy atom. The number of halogens is 3. The molecular formula is C43H39F3N4O6. The number of alkyl halides is 3. The lowest BCUT2D eigenvalue weighted by atomic mass is 10.0. The highest BCUT2D eigenvalue weighted by Crippen LogP contribution is 2.35. The van der Waals surface area contributed by atoms with E-state index in [-0.39, 0.29) is 29.1 Å². The number of methoxy groups -OCH3 is 1. The number of carbonyl (C=O) groups is 3. The van der Waals surface area contributed by atoms with Crippen LogP contribution in [0, 0.1) is 6.92 Å². The molecule has 6 aromatic rings. The molecule has 0 saturated heterocycles.